The molecule has 1 N–H and O–H groups in total. The predicted molar refractivity (Wildman–Crippen MR) is 93.3 cm³/mol. The van der Waals surface area contributed by atoms with Gasteiger partial charge in [-0.2, -0.15) is 17.5 Å². The summed E-state index contributed by atoms with van der Waals surface area (Å²) in [6, 6.07) is 4.91. The number of rotatable bonds is 3. The molecule has 2 aromatic rings. The minimum Gasteiger partial charge on any atom is -0.381 e. The van der Waals surface area contributed by atoms with Crippen molar-refractivity contribution in [3.63, 3.8) is 0 Å². The molecule has 9 heteroatoms. The Labute approximate surface area is 157 Å². The van der Waals surface area contributed by atoms with Crippen molar-refractivity contribution >= 4 is 23.1 Å². The Hall–Kier alpha value is -1.97. The van der Waals surface area contributed by atoms with Crippen molar-refractivity contribution in [1.29, 1.82) is 0 Å². The third-order valence-corrected chi connectivity index (χ3v) is 5.59. The third-order valence-electron chi connectivity index (χ3n) is 4.96. The van der Waals surface area contributed by atoms with Gasteiger partial charge < -0.3 is 14.8 Å². The first-order valence-corrected chi connectivity index (χ1v) is 9.39. The number of halogens is 3. The minimum absolute atomic E-state index is 0.0994. The summed E-state index contributed by atoms with van der Waals surface area (Å²) in [5, 5.41) is 4.40. The highest BCUT2D eigenvalue weighted by Crippen LogP contribution is 2.37. The zero-order chi connectivity index (χ0) is 19.0. The molecule has 144 valence electrons. The standard InChI is InChI=1S/C18H17F3N2O3S/c19-18(20,21)12-3-1-2-10(6-12)15-14(9-27-23-15)22-17(24)16-13-4-5-25-7-11(13)8-26-16/h1-3,6,9,11,13,16H,4-5,7-8H2,(H,22,24). The molecule has 0 spiro atoms. The number of hydrogen-bond donors (Lipinski definition) is 1. The zero-order valence-electron chi connectivity index (χ0n) is 14.2. The van der Waals surface area contributed by atoms with Gasteiger partial charge in [0.2, 0.25) is 0 Å². The Balaban J connectivity index is 1.54. The maximum atomic E-state index is 13.0. The van der Waals surface area contributed by atoms with Crippen molar-refractivity contribution in [2.75, 3.05) is 25.1 Å². The van der Waals surface area contributed by atoms with Crippen molar-refractivity contribution in [2.45, 2.75) is 18.7 Å². The van der Waals surface area contributed by atoms with Crippen LogP contribution in [-0.2, 0) is 20.4 Å². The highest BCUT2D eigenvalue weighted by atomic mass is 32.1. The zero-order valence-corrected chi connectivity index (χ0v) is 15.0. The number of ether oxygens (including phenoxy) is 2. The number of carbonyl (C=O) groups is 1. The number of nitrogens with one attached hydrogen (secondary N) is 1. The van der Waals surface area contributed by atoms with Crippen LogP contribution in [0, 0.1) is 11.8 Å². The Morgan fingerprint density at radius 2 is 2.15 bits per heavy atom. The fraction of sp³-hybridized carbons (Fsp3) is 0.444. The minimum atomic E-state index is -4.44. The first-order chi connectivity index (χ1) is 12.9. The molecule has 3 heterocycles. The molecule has 0 aliphatic carbocycles. The lowest BCUT2D eigenvalue weighted by Gasteiger charge is -2.26. The molecule has 2 fully saturated rings. The van der Waals surface area contributed by atoms with Crippen LogP contribution < -0.4 is 5.32 Å². The van der Waals surface area contributed by atoms with E-state index in [9.17, 15) is 18.0 Å². The van der Waals surface area contributed by atoms with Crippen molar-refractivity contribution in [1.82, 2.24) is 4.37 Å². The molecular weight excluding hydrogens is 381 g/mol. The molecule has 2 aliphatic heterocycles. The lowest BCUT2D eigenvalue weighted by molar-refractivity contribution is -0.137. The molecule has 1 aromatic heterocycles. The first kappa shape index (κ1) is 18.4. The number of nitrogens with zero attached hydrogens (tertiary/aromatic N) is 1. The monoisotopic (exact) mass is 398 g/mol. The molecule has 0 bridgehead atoms. The van der Waals surface area contributed by atoms with Gasteiger partial charge in [0.15, 0.2) is 0 Å². The van der Waals surface area contributed by atoms with E-state index in [1.54, 1.807) is 11.4 Å². The summed E-state index contributed by atoms with van der Waals surface area (Å²) in [5.74, 6) is 0.0122. The maximum absolute atomic E-state index is 13.0. The highest BCUT2D eigenvalue weighted by Gasteiger charge is 2.43. The number of aromatic nitrogens is 1. The number of benzene rings is 1. The second kappa shape index (κ2) is 7.21. The largest absolute Gasteiger partial charge is 0.416 e. The van der Waals surface area contributed by atoms with E-state index in [4.69, 9.17) is 9.47 Å². The van der Waals surface area contributed by atoms with Crippen LogP contribution in [0.4, 0.5) is 18.9 Å². The van der Waals surface area contributed by atoms with Gasteiger partial charge in [0.25, 0.3) is 5.91 Å². The van der Waals surface area contributed by atoms with Gasteiger partial charge in [0.1, 0.15) is 11.8 Å². The summed E-state index contributed by atoms with van der Waals surface area (Å²) in [6.07, 6.45) is -4.26. The van der Waals surface area contributed by atoms with Crippen LogP contribution in [0.2, 0.25) is 0 Å². The molecule has 1 amide bonds. The normalized spacial score (nSPS) is 25.2. The smallest absolute Gasteiger partial charge is 0.381 e. The second-order valence-electron chi connectivity index (χ2n) is 6.69. The number of anilines is 1. The summed E-state index contributed by atoms with van der Waals surface area (Å²) >= 11 is 1.07. The number of fused-ring (bicyclic) bond motifs is 1. The van der Waals surface area contributed by atoms with Crippen LogP contribution >= 0.6 is 11.5 Å². The molecule has 0 radical (unpaired) electrons. The summed E-state index contributed by atoms with van der Waals surface area (Å²) in [4.78, 5) is 12.7. The van der Waals surface area contributed by atoms with Gasteiger partial charge in [0.05, 0.1) is 24.5 Å². The fourth-order valence-corrected chi connectivity index (χ4v) is 4.22. The van der Waals surface area contributed by atoms with Crippen molar-refractivity contribution in [3.05, 3.63) is 35.2 Å². The Bertz CT molecular complexity index is 839. The van der Waals surface area contributed by atoms with E-state index in [1.807, 2.05) is 0 Å². The van der Waals surface area contributed by atoms with Crippen molar-refractivity contribution < 1.29 is 27.4 Å². The summed E-state index contributed by atoms with van der Waals surface area (Å²) < 4.78 is 54.2. The van der Waals surface area contributed by atoms with Gasteiger partial charge in [-0.05, 0) is 30.1 Å². The topological polar surface area (TPSA) is 60.5 Å². The molecule has 1 aromatic carbocycles. The Kier molecular flexibility index (Phi) is 4.92. The van der Waals surface area contributed by atoms with E-state index in [0.29, 0.717) is 36.8 Å². The van der Waals surface area contributed by atoms with Crippen LogP contribution in [0.25, 0.3) is 11.3 Å². The average molecular weight is 398 g/mol. The van der Waals surface area contributed by atoms with Gasteiger partial charge in [-0.3, -0.25) is 4.79 Å². The van der Waals surface area contributed by atoms with E-state index >= 15 is 0 Å². The van der Waals surface area contributed by atoms with Gasteiger partial charge in [-0.15, -0.1) is 0 Å². The molecule has 2 saturated heterocycles. The molecule has 27 heavy (non-hydrogen) atoms. The van der Waals surface area contributed by atoms with Crippen molar-refractivity contribution in [3.8, 4) is 11.3 Å². The van der Waals surface area contributed by atoms with E-state index in [1.165, 1.54) is 6.07 Å². The summed E-state index contributed by atoms with van der Waals surface area (Å²) in [5.41, 5.74) is 0.261. The van der Waals surface area contributed by atoms with Gasteiger partial charge >= 0.3 is 6.18 Å². The molecule has 0 saturated carbocycles. The van der Waals surface area contributed by atoms with Crippen LogP contribution in [0.1, 0.15) is 12.0 Å². The molecule has 5 nitrogen and oxygen atoms in total. The van der Waals surface area contributed by atoms with Gasteiger partial charge in [-0.25, -0.2) is 0 Å². The number of amides is 1. The SMILES string of the molecule is O=C(Nc1csnc1-c1cccc(C(F)(F)F)c1)C1OCC2COCCC21. The van der Waals surface area contributed by atoms with Crippen LogP contribution in [0.15, 0.2) is 29.6 Å². The quantitative estimate of drug-likeness (QED) is 0.854. The lowest BCUT2D eigenvalue weighted by Crippen LogP contribution is -2.37. The molecular formula is C18H17F3N2O3S. The Morgan fingerprint density at radius 1 is 1.30 bits per heavy atom. The third kappa shape index (κ3) is 3.71. The van der Waals surface area contributed by atoms with Crippen LogP contribution in [0.5, 0.6) is 0 Å². The lowest BCUT2D eigenvalue weighted by atomic mass is 9.86. The second-order valence-corrected chi connectivity index (χ2v) is 7.32. The molecule has 2 aliphatic rings. The first-order valence-electron chi connectivity index (χ1n) is 8.55. The van der Waals surface area contributed by atoms with E-state index in [2.05, 4.69) is 9.69 Å². The number of carbonyl (C=O) groups excluding carboxylic acids is 1. The Morgan fingerprint density at radius 3 is 2.96 bits per heavy atom. The summed E-state index contributed by atoms with van der Waals surface area (Å²) in [6.45, 7) is 1.67. The van der Waals surface area contributed by atoms with E-state index < -0.39 is 17.8 Å². The average Bonchev–Trinajstić information content (AvgIpc) is 3.28. The summed E-state index contributed by atoms with van der Waals surface area (Å²) in [7, 11) is 0. The fourth-order valence-electron chi connectivity index (χ4n) is 3.58. The molecule has 4 rings (SSSR count). The van der Waals surface area contributed by atoms with Crippen LogP contribution in [-0.4, -0.2) is 36.2 Å². The van der Waals surface area contributed by atoms with Crippen molar-refractivity contribution in [2.24, 2.45) is 11.8 Å². The van der Waals surface area contributed by atoms with Crippen LogP contribution in [0.3, 0.4) is 0 Å². The molecule has 3 atom stereocenters. The maximum Gasteiger partial charge on any atom is 0.416 e. The van der Waals surface area contributed by atoms with Gasteiger partial charge in [-0.1, -0.05) is 12.1 Å². The van der Waals surface area contributed by atoms with Gasteiger partial charge in [0, 0.05) is 29.4 Å². The number of alkyl halides is 3. The number of hydrogen-bond acceptors (Lipinski definition) is 5. The highest BCUT2D eigenvalue weighted by molar-refractivity contribution is 7.04. The molecule has 3 unspecified atom stereocenters. The predicted octanol–water partition coefficient (Wildman–Crippen LogP) is 3.82. The van der Waals surface area contributed by atoms with E-state index in [0.717, 1.165) is 30.1 Å². The van der Waals surface area contributed by atoms with E-state index in [-0.39, 0.29) is 17.7 Å².